The molecule has 0 unspecified atom stereocenters. The number of aryl methyl sites for hydroxylation is 1. The van der Waals surface area contributed by atoms with Crippen molar-refractivity contribution in [2.75, 3.05) is 0 Å². The lowest BCUT2D eigenvalue weighted by Gasteiger charge is -2.17. The van der Waals surface area contributed by atoms with E-state index in [2.05, 4.69) is 43.0 Å². The average molecular weight is 215 g/mol. The standard InChI is InChI=1S/C13H17N3/c1-13(2,3)12-7-5-6-11(15-12)10-8-14-16(4)9-10/h5-9H,1-4H3. The Balaban J connectivity index is 2.44. The predicted octanol–water partition coefficient (Wildman–Crippen LogP) is 2.78. The molecule has 2 aromatic rings. The average Bonchev–Trinajstić information content (AvgIpc) is 2.64. The number of hydrogen-bond donors (Lipinski definition) is 0. The first-order valence-electron chi connectivity index (χ1n) is 5.43. The molecule has 0 radical (unpaired) electrons. The molecule has 0 saturated heterocycles. The molecule has 0 aliphatic rings. The minimum atomic E-state index is 0.0816. The topological polar surface area (TPSA) is 30.7 Å². The fourth-order valence-corrected chi connectivity index (χ4v) is 1.57. The van der Waals surface area contributed by atoms with Crippen LogP contribution in [0.1, 0.15) is 26.5 Å². The summed E-state index contributed by atoms with van der Waals surface area (Å²) in [5.41, 5.74) is 3.24. The normalized spacial score (nSPS) is 11.8. The second kappa shape index (κ2) is 3.74. The molecule has 0 saturated carbocycles. The second-order valence-corrected chi connectivity index (χ2v) is 5.06. The summed E-state index contributed by atoms with van der Waals surface area (Å²) in [6, 6.07) is 6.14. The third-order valence-electron chi connectivity index (χ3n) is 2.52. The first-order valence-corrected chi connectivity index (χ1v) is 5.43. The number of rotatable bonds is 1. The first-order chi connectivity index (χ1) is 7.47. The summed E-state index contributed by atoms with van der Waals surface area (Å²) in [6.45, 7) is 6.51. The van der Waals surface area contributed by atoms with E-state index in [0.717, 1.165) is 17.0 Å². The molecular weight excluding hydrogens is 198 g/mol. The molecule has 0 aromatic carbocycles. The van der Waals surface area contributed by atoms with Crippen molar-refractivity contribution in [2.24, 2.45) is 7.05 Å². The Morgan fingerprint density at radius 1 is 1.19 bits per heavy atom. The molecule has 0 aliphatic heterocycles. The largest absolute Gasteiger partial charge is 0.275 e. The van der Waals surface area contributed by atoms with E-state index >= 15 is 0 Å². The van der Waals surface area contributed by atoms with Crippen molar-refractivity contribution in [2.45, 2.75) is 26.2 Å². The first kappa shape index (κ1) is 10.9. The fourth-order valence-electron chi connectivity index (χ4n) is 1.57. The van der Waals surface area contributed by atoms with Crippen molar-refractivity contribution in [1.29, 1.82) is 0 Å². The SMILES string of the molecule is Cn1cc(-c2cccc(C(C)(C)C)n2)cn1. The monoisotopic (exact) mass is 215 g/mol. The van der Waals surface area contributed by atoms with Crippen molar-refractivity contribution >= 4 is 0 Å². The predicted molar refractivity (Wildman–Crippen MR) is 65.1 cm³/mol. The fraction of sp³-hybridized carbons (Fsp3) is 0.385. The van der Waals surface area contributed by atoms with Crippen LogP contribution >= 0.6 is 0 Å². The molecule has 2 aromatic heterocycles. The summed E-state index contributed by atoms with van der Waals surface area (Å²) in [7, 11) is 1.91. The summed E-state index contributed by atoms with van der Waals surface area (Å²) in [6.07, 6.45) is 3.82. The van der Waals surface area contributed by atoms with Crippen LogP contribution in [0.3, 0.4) is 0 Å². The highest BCUT2D eigenvalue weighted by molar-refractivity contribution is 5.57. The van der Waals surface area contributed by atoms with E-state index in [4.69, 9.17) is 0 Å². The zero-order chi connectivity index (χ0) is 11.8. The minimum absolute atomic E-state index is 0.0816. The lowest BCUT2D eigenvalue weighted by molar-refractivity contribution is 0.570. The summed E-state index contributed by atoms with van der Waals surface area (Å²) in [4.78, 5) is 4.67. The zero-order valence-corrected chi connectivity index (χ0v) is 10.2. The Kier molecular flexibility index (Phi) is 2.54. The Morgan fingerprint density at radius 3 is 2.50 bits per heavy atom. The highest BCUT2D eigenvalue weighted by atomic mass is 15.2. The van der Waals surface area contributed by atoms with E-state index in [1.165, 1.54) is 0 Å². The Bertz CT molecular complexity index is 492. The minimum Gasteiger partial charge on any atom is -0.275 e. The van der Waals surface area contributed by atoms with Gasteiger partial charge in [-0.15, -0.1) is 0 Å². The van der Waals surface area contributed by atoms with Gasteiger partial charge in [0.05, 0.1) is 11.9 Å². The van der Waals surface area contributed by atoms with Gasteiger partial charge in [-0.25, -0.2) is 0 Å². The van der Waals surface area contributed by atoms with Crippen molar-refractivity contribution in [3.8, 4) is 11.3 Å². The summed E-state index contributed by atoms with van der Waals surface area (Å²) >= 11 is 0. The third kappa shape index (κ3) is 2.13. The molecule has 0 amide bonds. The van der Waals surface area contributed by atoms with Gasteiger partial charge >= 0.3 is 0 Å². The molecule has 0 N–H and O–H groups in total. The highest BCUT2D eigenvalue weighted by Gasteiger charge is 2.15. The third-order valence-corrected chi connectivity index (χ3v) is 2.52. The van der Waals surface area contributed by atoms with Crippen LogP contribution in [0.5, 0.6) is 0 Å². The molecular formula is C13H17N3. The van der Waals surface area contributed by atoms with Crippen LogP contribution in [0.4, 0.5) is 0 Å². The van der Waals surface area contributed by atoms with Gasteiger partial charge in [0.15, 0.2) is 0 Å². The lowest BCUT2D eigenvalue weighted by Crippen LogP contribution is -2.13. The van der Waals surface area contributed by atoms with Crippen LogP contribution in [0.2, 0.25) is 0 Å². The molecule has 0 spiro atoms. The van der Waals surface area contributed by atoms with Crippen LogP contribution in [-0.2, 0) is 12.5 Å². The number of nitrogens with zero attached hydrogens (tertiary/aromatic N) is 3. The summed E-state index contributed by atoms with van der Waals surface area (Å²) < 4.78 is 1.79. The van der Waals surface area contributed by atoms with Crippen LogP contribution in [-0.4, -0.2) is 14.8 Å². The van der Waals surface area contributed by atoms with Crippen LogP contribution < -0.4 is 0 Å². The smallest absolute Gasteiger partial charge is 0.0737 e. The lowest BCUT2D eigenvalue weighted by atomic mass is 9.91. The summed E-state index contributed by atoms with van der Waals surface area (Å²) in [5.74, 6) is 0. The molecule has 3 nitrogen and oxygen atoms in total. The van der Waals surface area contributed by atoms with Crippen molar-refractivity contribution in [1.82, 2.24) is 14.8 Å². The second-order valence-electron chi connectivity index (χ2n) is 5.06. The molecule has 0 aliphatic carbocycles. The Hall–Kier alpha value is -1.64. The van der Waals surface area contributed by atoms with Crippen molar-refractivity contribution in [3.05, 3.63) is 36.3 Å². The molecule has 84 valence electrons. The van der Waals surface area contributed by atoms with E-state index in [9.17, 15) is 0 Å². The Morgan fingerprint density at radius 2 is 1.94 bits per heavy atom. The van der Waals surface area contributed by atoms with E-state index < -0.39 is 0 Å². The van der Waals surface area contributed by atoms with Crippen LogP contribution in [0.25, 0.3) is 11.3 Å². The molecule has 0 fully saturated rings. The van der Waals surface area contributed by atoms with E-state index in [1.54, 1.807) is 4.68 Å². The van der Waals surface area contributed by atoms with Crippen LogP contribution in [0.15, 0.2) is 30.6 Å². The summed E-state index contributed by atoms with van der Waals surface area (Å²) in [5, 5.41) is 4.16. The van der Waals surface area contributed by atoms with Gasteiger partial charge in [-0.2, -0.15) is 5.10 Å². The van der Waals surface area contributed by atoms with E-state index in [-0.39, 0.29) is 5.41 Å². The number of aromatic nitrogens is 3. The van der Waals surface area contributed by atoms with Gasteiger partial charge in [-0.1, -0.05) is 26.8 Å². The van der Waals surface area contributed by atoms with Gasteiger partial charge in [0.1, 0.15) is 0 Å². The van der Waals surface area contributed by atoms with Gasteiger partial charge in [-0.3, -0.25) is 9.67 Å². The van der Waals surface area contributed by atoms with E-state index in [0.29, 0.717) is 0 Å². The maximum absolute atomic E-state index is 4.67. The maximum atomic E-state index is 4.67. The van der Waals surface area contributed by atoms with Crippen molar-refractivity contribution in [3.63, 3.8) is 0 Å². The quantitative estimate of drug-likeness (QED) is 0.732. The highest BCUT2D eigenvalue weighted by Crippen LogP contribution is 2.23. The Labute approximate surface area is 96.1 Å². The maximum Gasteiger partial charge on any atom is 0.0737 e. The molecule has 0 bridgehead atoms. The van der Waals surface area contributed by atoms with Gasteiger partial charge in [0, 0.05) is 29.9 Å². The van der Waals surface area contributed by atoms with Crippen molar-refractivity contribution < 1.29 is 0 Å². The molecule has 0 atom stereocenters. The molecule has 3 heteroatoms. The molecule has 16 heavy (non-hydrogen) atoms. The van der Waals surface area contributed by atoms with Gasteiger partial charge in [0.25, 0.3) is 0 Å². The zero-order valence-electron chi connectivity index (χ0n) is 10.2. The molecule has 2 heterocycles. The van der Waals surface area contributed by atoms with Gasteiger partial charge < -0.3 is 0 Å². The van der Waals surface area contributed by atoms with Gasteiger partial charge in [-0.05, 0) is 12.1 Å². The van der Waals surface area contributed by atoms with Gasteiger partial charge in [0.2, 0.25) is 0 Å². The van der Waals surface area contributed by atoms with E-state index in [1.807, 2.05) is 25.5 Å². The molecule has 2 rings (SSSR count). The van der Waals surface area contributed by atoms with Crippen LogP contribution in [0, 0.1) is 0 Å². The number of hydrogen-bond acceptors (Lipinski definition) is 2. The number of pyridine rings is 1.